The maximum absolute atomic E-state index is 3.63. The molecule has 2 atom stereocenters. The summed E-state index contributed by atoms with van der Waals surface area (Å²) in [4.78, 5) is 1.33. The summed E-state index contributed by atoms with van der Waals surface area (Å²) in [6, 6.07) is 9.31. The Morgan fingerprint density at radius 2 is 1.67 bits per heavy atom. The van der Waals surface area contributed by atoms with Crippen LogP contribution in [0.4, 0.5) is 0 Å². The molecular weight excluding hydrogens is 238 g/mol. The van der Waals surface area contributed by atoms with E-state index >= 15 is 0 Å². The molecule has 18 heavy (non-hydrogen) atoms. The zero-order chi connectivity index (χ0) is 13.5. The van der Waals surface area contributed by atoms with E-state index in [0.29, 0.717) is 6.04 Å². The van der Waals surface area contributed by atoms with Crippen LogP contribution in [0.3, 0.4) is 0 Å². The van der Waals surface area contributed by atoms with Crippen molar-refractivity contribution in [3.63, 3.8) is 0 Å². The summed E-state index contributed by atoms with van der Waals surface area (Å²) in [5.74, 6) is 1.54. The van der Waals surface area contributed by atoms with Crippen LogP contribution in [0.2, 0.25) is 0 Å². The first-order valence-electron chi connectivity index (χ1n) is 6.90. The topological polar surface area (TPSA) is 12.0 Å². The average Bonchev–Trinajstić information content (AvgIpc) is 2.35. The molecule has 0 saturated carbocycles. The molecule has 0 saturated heterocycles. The third-order valence-corrected chi connectivity index (χ3v) is 4.01. The Balaban J connectivity index is 2.42. The van der Waals surface area contributed by atoms with Gasteiger partial charge in [0, 0.05) is 10.9 Å². The molecule has 0 spiro atoms. The van der Waals surface area contributed by atoms with Crippen LogP contribution < -0.4 is 5.32 Å². The number of hydrogen-bond donors (Lipinski definition) is 1. The zero-order valence-corrected chi connectivity index (χ0v) is 13.2. The van der Waals surface area contributed by atoms with Crippen molar-refractivity contribution >= 4 is 11.8 Å². The summed E-state index contributed by atoms with van der Waals surface area (Å²) in [5, 5.41) is 3.63. The largest absolute Gasteiger partial charge is 0.310 e. The van der Waals surface area contributed by atoms with Crippen molar-refractivity contribution in [2.45, 2.75) is 45.1 Å². The highest BCUT2D eigenvalue weighted by molar-refractivity contribution is 7.98. The van der Waals surface area contributed by atoms with Gasteiger partial charge < -0.3 is 5.32 Å². The monoisotopic (exact) mass is 265 g/mol. The van der Waals surface area contributed by atoms with Crippen LogP contribution in [0.5, 0.6) is 0 Å². The fraction of sp³-hybridized carbons (Fsp3) is 0.625. The lowest BCUT2D eigenvalue weighted by Crippen LogP contribution is -2.25. The van der Waals surface area contributed by atoms with Crippen LogP contribution >= 0.6 is 11.8 Å². The highest BCUT2D eigenvalue weighted by Crippen LogP contribution is 2.19. The molecule has 1 N–H and O–H groups in total. The molecule has 2 unspecified atom stereocenters. The Labute approximate surface area is 117 Å². The van der Waals surface area contributed by atoms with Crippen LogP contribution in [-0.4, -0.2) is 12.8 Å². The smallest absolute Gasteiger partial charge is 0.0291 e. The van der Waals surface area contributed by atoms with Crippen molar-refractivity contribution < 1.29 is 0 Å². The Hall–Kier alpha value is -0.470. The van der Waals surface area contributed by atoms with Gasteiger partial charge in [-0.2, -0.15) is 0 Å². The molecule has 0 fully saturated rings. The van der Waals surface area contributed by atoms with Crippen molar-refractivity contribution in [2.75, 3.05) is 12.8 Å². The summed E-state index contributed by atoms with van der Waals surface area (Å²) in [6.07, 6.45) is 3.41. The minimum absolute atomic E-state index is 0.440. The van der Waals surface area contributed by atoms with Gasteiger partial charge in [0.25, 0.3) is 0 Å². The summed E-state index contributed by atoms with van der Waals surface area (Å²) in [5.41, 5.74) is 1.38. The maximum Gasteiger partial charge on any atom is 0.0291 e. The Kier molecular flexibility index (Phi) is 6.80. The molecule has 1 rings (SSSR count). The van der Waals surface area contributed by atoms with Gasteiger partial charge in [0.1, 0.15) is 0 Å². The molecule has 1 aromatic rings. The molecule has 0 aliphatic carbocycles. The van der Waals surface area contributed by atoms with E-state index < -0.39 is 0 Å². The van der Waals surface area contributed by atoms with Gasteiger partial charge in [0.15, 0.2) is 0 Å². The Bertz CT molecular complexity index is 331. The normalized spacial score (nSPS) is 14.8. The van der Waals surface area contributed by atoms with E-state index in [4.69, 9.17) is 0 Å². The molecule has 2 heteroatoms. The molecule has 0 amide bonds. The van der Waals surface area contributed by atoms with E-state index in [1.165, 1.54) is 16.9 Å². The zero-order valence-electron chi connectivity index (χ0n) is 12.4. The van der Waals surface area contributed by atoms with Crippen molar-refractivity contribution in [1.29, 1.82) is 0 Å². The number of benzene rings is 1. The average molecular weight is 265 g/mol. The molecule has 0 aromatic heterocycles. The first kappa shape index (κ1) is 15.6. The van der Waals surface area contributed by atoms with Gasteiger partial charge in [-0.25, -0.2) is 0 Å². The molecule has 0 radical (unpaired) electrons. The molecule has 1 aromatic carbocycles. The Morgan fingerprint density at radius 1 is 1.06 bits per heavy atom. The molecule has 0 aliphatic heterocycles. The predicted molar refractivity (Wildman–Crippen MR) is 83.3 cm³/mol. The van der Waals surface area contributed by atoms with E-state index in [1.807, 2.05) is 0 Å². The van der Waals surface area contributed by atoms with Crippen LogP contribution in [-0.2, 0) is 0 Å². The van der Waals surface area contributed by atoms with Crippen LogP contribution in [0, 0.1) is 11.8 Å². The van der Waals surface area contributed by atoms with Gasteiger partial charge in [0.2, 0.25) is 0 Å². The van der Waals surface area contributed by atoms with E-state index in [0.717, 1.165) is 18.4 Å². The first-order chi connectivity index (χ1) is 8.52. The van der Waals surface area contributed by atoms with Crippen molar-refractivity contribution in [3.8, 4) is 0 Å². The predicted octanol–water partition coefficient (Wildman–Crippen LogP) is 4.74. The number of thioether (sulfide) groups is 1. The minimum Gasteiger partial charge on any atom is -0.310 e. The second-order valence-electron chi connectivity index (χ2n) is 5.64. The molecule has 1 nitrogen and oxygen atoms in total. The quantitative estimate of drug-likeness (QED) is 0.715. The molecule has 0 heterocycles. The SMILES string of the molecule is CSc1ccc(C(C)NCC(C)CC(C)C)cc1. The lowest BCUT2D eigenvalue weighted by Gasteiger charge is -2.19. The number of nitrogens with one attached hydrogen (secondary N) is 1. The third-order valence-electron chi connectivity index (χ3n) is 3.26. The summed E-state index contributed by atoms with van der Waals surface area (Å²) in [6.45, 7) is 10.3. The fourth-order valence-electron chi connectivity index (χ4n) is 2.28. The first-order valence-corrected chi connectivity index (χ1v) is 8.12. The van der Waals surface area contributed by atoms with E-state index in [-0.39, 0.29) is 0 Å². The van der Waals surface area contributed by atoms with Crippen LogP contribution in [0.25, 0.3) is 0 Å². The van der Waals surface area contributed by atoms with E-state index in [1.54, 1.807) is 11.8 Å². The molecule has 102 valence electrons. The molecular formula is C16H27NS. The summed E-state index contributed by atoms with van der Waals surface area (Å²) in [7, 11) is 0. The lowest BCUT2D eigenvalue weighted by atomic mass is 9.98. The second-order valence-corrected chi connectivity index (χ2v) is 6.52. The van der Waals surface area contributed by atoms with Gasteiger partial charge in [-0.3, -0.25) is 0 Å². The van der Waals surface area contributed by atoms with Gasteiger partial charge in [-0.1, -0.05) is 32.9 Å². The minimum atomic E-state index is 0.440. The van der Waals surface area contributed by atoms with Crippen LogP contribution in [0.15, 0.2) is 29.2 Å². The highest BCUT2D eigenvalue weighted by atomic mass is 32.2. The molecule has 0 aliphatic rings. The standard InChI is InChI=1S/C16H27NS/c1-12(2)10-13(3)11-17-14(4)15-6-8-16(18-5)9-7-15/h6-9,12-14,17H,10-11H2,1-5H3. The number of rotatable bonds is 7. The maximum atomic E-state index is 3.63. The van der Waals surface area contributed by atoms with Crippen molar-refractivity contribution in [3.05, 3.63) is 29.8 Å². The summed E-state index contributed by atoms with van der Waals surface area (Å²) < 4.78 is 0. The third kappa shape index (κ3) is 5.45. The van der Waals surface area contributed by atoms with Crippen LogP contribution in [0.1, 0.15) is 45.7 Å². The molecule has 0 bridgehead atoms. The van der Waals surface area contributed by atoms with Crippen molar-refractivity contribution in [2.24, 2.45) is 11.8 Å². The van der Waals surface area contributed by atoms with Crippen molar-refractivity contribution in [1.82, 2.24) is 5.32 Å². The lowest BCUT2D eigenvalue weighted by molar-refractivity contribution is 0.396. The van der Waals surface area contributed by atoms with Gasteiger partial charge in [-0.15, -0.1) is 11.8 Å². The van der Waals surface area contributed by atoms with Gasteiger partial charge in [0.05, 0.1) is 0 Å². The van der Waals surface area contributed by atoms with E-state index in [2.05, 4.69) is 63.5 Å². The Morgan fingerprint density at radius 3 is 2.17 bits per heavy atom. The number of hydrogen-bond acceptors (Lipinski definition) is 2. The van der Waals surface area contributed by atoms with Gasteiger partial charge in [-0.05, 0) is 55.7 Å². The fourth-order valence-corrected chi connectivity index (χ4v) is 2.68. The highest BCUT2D eigenvalue weighted by Gasteiger charge is 2.08. The van der Waals surface area contributed by atoms with E-state index in [9.17, 15) is 0 Å². The second kappa shape index (κ2) is 7.85. The summed E-state index contributed by atoms with van der Waals surface area (Å²) >= 11 is 1.79. The van der Waals surface area contributed by atoms with Gasteiger partial charge >= 0.3 is 0 Å².